The number of hydrogen-bond donors (Lipinski definition) is 0. The van der Waals surface area contributed by atoms with Crippen LogP contribution in [0.4, 0.5) is 4.79 Å². The fourth-order valence-corrected chi connectivity index (χ4v) is 4.23. The van der Waals surface area contributed by atoms with Gasteiger partial charge in [0.1, 0.15) is 17.2 Å². The van der Waals surface area contributed by atoms with E-state index in [2.05, 4.69) is 4.90 Å². The zero-order valence-corrected chi connectivity index (χ0v) is 23.2. The van der Waals surface area contributed by atoms with Gasteiger partial charge in [-0.3, -0.25) is 14.3 Å². The van der Waals surface area contributed by atoms with E-state index in [1.54, 1.807) is 9.47 Å². The Morgan fingerprint density at radius 2 is 1.70 bits per heavy atom. The van der Waals surface area contributed by atoms with Crippen molar-refractivity contribution >= 4 is 17.0 Å². The van der Waals surface area contributed by atoms with Crippen molar-refractivity contribution in [2.75, 3.05) is 32.8 Å². The van der Waals surface area contributed by atoms with Crippen LogP contribution in [0.15, 0.2) is 47.3 Å². The van der Waals surface area contributed by atoms with Crippen LogP contribution in [-0.4, -0.2) is 63.8 Å². The molecular weight excluding hydrogens is 468 g/mol. The number of amides is 1. The fourth-order valence-electron chi connectivity index (χ4n) is 4.23. The van der Waals surface area contributed by atoms with Crippen molar-refractivity contribution in [1.82, 2.24) is 19.4 Å². The molecule has 0 spiro atoms. The van der Waals surface area contributed by atoms with Crippen LogP contribution in [0.25, 0.3) is 16.6 Å². The van der Waals surface area contributed by atoms with Crippen LogP contribution in [0, 0.1) is 6.92 Å². The van der Waals surface area contributed by atoms with Crippen molar-refractivity contribution in [2.24, 2.45) is 0 Å². The molecule has 0 N–H and O–H groups in total. The summed E-state index contributed by atoms with van der Waals surface area (Å²) in [4.78, 5) is 35.1. The number of piperazine rings is 1. The van der Waals surface area contributed by atoms with E-state index in [0.29, 0.717) is 67.5 Å². The first-order valence-corrected chi connectivity index (χ1v) is 13.1. The summed E-state index contributed by atoms with van der Waals surface area (Å²) in [5, 5.41) is 0.579. The number of hydrogen-bond acceptors (Lipinski definition) is 6. The van der Waals surface area contributed by atoms with Gasteiger partial charge < -0.3 is 14.4 Å². The summed E-state index contributed by atoms with van der Waals surface area (Å²) >= 11 is 0. The summed E-state index contributed by atoms with van der Waals surface area (Å²) in [6.07, 6.45) is -0.293. The number of benzene rings is 2. The van der Waals surface area contributed by atoms with Crippen LogP contribution in [0.3, 0.4) is 0 Å². The largest absolute Gasteiger partial charge is 0.492 e. The Hall–Kier alpha value is -3.39. The Kier molecular flexibility index (Phi) is 9.32. The number of carbonyl (C=O) groups is 1. The molecule has 37 heavy (non-hydrogen) atoms. The number of carbonyl (C=O) groups excluding carboxylic acids is 1. The molecule has 1 aromatic heterocycles. The quantitative estimate of drug-likeness (QED) is 0.473. The van der Waals surface area contributed by atoms with Crippen molar-refractivity contribution in [2.45, 2.75) is 60.6 Å². The lowest BCUT2D eigenvalue weighted by atomic mass is 10.1. The first-order valence-electron chi connectivity index (χ1n) is 13.1. The molecule has 1 aliphatic heterocycles. The molecule has 0 saturated carbocycles. The van der Waals surface area contributed by atoms with Crippen molar-refractivity contribution in [3.05, 3.63) is 64.2 Å². The van der Waals surface area contributed by atoms with Crippen LogP contribution < -0.4 is 10.3 Å². The SMILES string of the molecule is CC.CCOc1ccccc1-n1c(CN2CCN(C(=O)OC(C)(C)C)CC2)nc2ccc(C)cc2c1=O. The Morgan fingerprint density at radius 1 is 1.03 bits per heavy atom. The molecule has 1 saturated heterocycles. The maximum Gasteiger partial charge on any atom is 0.410 e. The second-order valence-electron chi connectivity index (χ2n) is 9.83. The Bertz CT molecular complexity index is 1270. The lowest BCUT2D eigenvalue weighted by Gasteiger charge is -2.35. The summed E-state index contributed by atoms with van der Waals surface area (Å²) in [6.45, 7) is 16.9. The molecule has 2 aromatic carbocycles. The van der Waals surface area contributed by atoms with Gasteiger partial charge in [0.05, 0.1) is 29.7 Å². The minimum atomic E-state index is -0.522. The number of aryl methyl sites for hydroxylation is 1. The summed E-state index contributed by atoms with van der Waals surface area (Å²) in [7, 11) is 0. The molecule has 200 valence electrons. The minimum Gasteiger partial charge on any atom is -0.492 e. The van der Waals surface area contributed by atoms with Gasteiger partial charge in [0.25, 0.3) is 5.56 Å². The van der Waals surface area contributed by atoms with Crippen LogP contribution >= 0.6 is 0 Å². The molecule has 8 heteroatoms. The second kappa shape index (κ2) is 12.2. The fraction of sp³-hybridized carbons (Fsp3) is 0.483. The van der Waals surface area contributed by atoms with Crippen LogP contribution in [0.1, 0.15) is 52.9 Å². The van der Waals surface area contributed by atoms with Crippen molar-refractivity contribution in [3.8, 4) is 11.4 Å². The van der Waals surface area contributed by atoms with Gasteiger partial charge in [-0.15, -0.1) is 0 Å². The van der Waals surface area contributed by atoms with Gasteiger partial charge in [0.2, 0.25) is 0 Å². The van der Waals surface area contributed by atoms with E-state index < -0.39 is 5.60 Å². The highest BCUT2D eigenvalue weighted by Crippen LogP contribution is 2.24. The summed E-state index contributed by atoms with van der Waals surface area (Å²) < 4.78 is 13.0. The highest BCUT2D eigenvalue weighted by molar-refractivity contribution is 5.79. The highest BCUT2D eigenvalue weighted by Gasteiger charge is 2.27. The number of fused-ring (bicyclic) bond motifs is 1. The molecule has 1 amide bonds. The molecule has 1 fully saturated rings. The predicted octanol–water partition coefficient (Wildman–Crippen LogP) is 5.17. The molecule has 3 aromatic rings. The van der Waals surface area contributed by atoms with Gasteiger partial charge in [0, 0.05) is 26.2 Å². The Labute approximate surface area is 219 Å². The minimum absolute atomic E-state index is 0.117. The molecule has 0 radical (unpaired) electrons. The Balaban J connectivity index is 0.00000186. The third kappa shape index (κ3) is 6.89. The third-order valence-corrected chi connectivity index (χ3v) is 5.89. The Morgan fingerprint density at radius 3 is 2.35 bits per heavy atom. The van der Waals surface area contributed by atoms with Gasteiger partial charge >= 0.3 is 6.09 Å². The summed E-state index contributed by atoms with van der Waals surface area (Å²) in [6, 6.07) is 13.3. The van der Waals surface area contributed by atoms with Crippen LogP contribution in [0.5, 0.6) is 5.75 Å². The van der Waals surface area contributed by atoms with Gasteiger partial charge in [-0.25, -0.2) is 9.78 Å². The number of rotatable bonds is 5. The zero-order valence-electron chi connectivity index (χ0n) is 23.2. The van der Waals surface area contributed by atoms with E-state index in [9.17, 15) is 9.59 Å². The van der Waals surface area contributed by atoms with Gasteiger partial charge in [-0.1, -0.05) is 37.6 Å². The van der Waals surface area contributed by atoms with E-state index in [1.807, 2.05) is 90.9 Å². The first-order chi connectivity index (χ1) is 17.7. The predicted molar refractivity (Wildman–Crippen MR) is 148 cm³/mol. The van der Waals surface area contributed by atoms with Crippen molar-refractivity contribution in [1.29, 1.82) is 0 Å². The van der Waals surface area contributed by atoms with Gasteiger partial charge in [-0.05, 0) is 58.9 Å². The van der Waals surface area contributed by atoms with E-state index in [-0.39, 0.29) is 11.7 Å². The highest BCUT2D eigenvalue weighted by atomic mass is 16.6. The van der Waals surface area contributed by atoms with Crippen molar-refractivity contribution < 1.29 is 14.3 Å². The number of ether oxygens (including phenoxy) is 2. The average Bonchev–Trinajstić information content (AvgIpc) is 2.86. The van der Waals surface area contributed by atoms with Gasteiger partial charge in [-0.2, -0.15) is 0 Å². The molecule has 0 unspecified atom stereocenters. The normalized spacial score (nSPS) is 14.2. The number of para-hydroxylation sites is 2. The van der Waals surface area contributed by atoms with Crippen LogP contribution in [0.2, 0.25) is 0 Å². The second-order valence-corrected chi connectivity index (χ2v) is 9.83. The standard InChI is InChI=1S/C27H34N4O4.C2H6/c1-6-34-23-10-8-7-9-22(23)31-24(28-21-12-11-19(2)17-20(21)25(31)32)18-29-13-15-30(16-14-29)26(33)35-27(3,4)5;1-2/h7-12,17H,6,13-16,18H2,1-5H3;1-2H3. The molecule has 0 aliphatic carbocycles. The van der Waals surface area contributed by atoms with E-state index in [1.165, 1.54) is 0 Å². The van der Waals surface area contributed by atoms with Crippen molar-refractivity contribution in [3.63, 3.8) is 0 Å². The molecule has 0 atom stereocenters. The smallest absolute Gasteiger partial charge is 0.410 e. The third-order valence-electron chi connectivity index (χ3n) is 5.89. The van der Waals surface area contributed by atoms with E-state index in [0.717, 1.165) is 5.56 Å². The molecule has 8 nitrogen and oxygen atoms in total. The molecular formula is C29H40N4O4. The number of nitrogens with zero attached hydrogens (tertiary/aromatic N) is 4. The maximum atomic E-state index is 13.8. The molecule has 4 rings (SSSR count). The molecule has 1 aliphatic rings. The first kappa shape index (κ1) is 28.2. The monoisotopic (exact) mass is 508 g/mol. The maximum absolute atomic E-state index is 13.8. The topological polar surface area (TPSA) is 76.9 Å². The molecule has 0 bridgehead atoms. The number of aromatic nitrogens is 2. The zero-order chi connectivity index (χ0) is 27.2. The van der Waals surface area contributed by atoms with E-state index in [4.69, 9.17) is 14.5 Å². The summed E-state index contributed by atoms with van der Waals surface area (Å²) in [5.41, 5.74) is 1.72. The molecule has 2 heterocycles. The lowest BCUT2D eigenvalue weighted by molar-refractivity contribution is 0.0136. The van der Waals surface area contributed by atoms with Gasteiger partial charge in [0.15, 0.2) is 0 Å². The lowest BCUT2D eigenvalue weighted by Crippen LogP contribution is -2.50. The van der Waals surface area contributed by atoms with Crippen LogP contribution in [-0.2, 0) is 11.3 Å². The summed E-state index contributed by atoms with van der Waals surface area (Å²) in [5.74, 6) is 1.28. The average molecular weight is 509 g/mol. The van der Waals surface area contributed by atoms with E-state index >= 15 is 0 Å².